The zero-order valence-electron chi connectivity index (χ0n) is 11.7. The van der Waals surface area contributed by atoms with Crippen molar-refractivity contribution in [3.63, 3.8) is 0 Å². The molecular formula is C14H15BrFN3O2. The van der Waals surface area contributed by atoms with Crippen LogP contribution < -0.4 is 5.32 Å². The number of carbonyl (C=O) groups is 1. The maximum absolute atomic E-state index is 13.2. The average Bonchev–Trinajstić information content (AvgIpc) is 2.82. The van der Waals surface area contributed by atoms with Crippen LogP contribution in [0.15, 0.2) is 28.9 Å². The summed E-state index contributed by atoms with van der Waals surface area (Å²) in [6.45, 7) is 2.44. The summed E-state index contributed by atoms with van der Waals surface area (Å²) in [6.07, 6.45) is 1.48. The molecule has 0 aliphatic heterocycles. The van der Waals surface area contributed by atoms with Gasteiger partial charge in [-0.2, -0.15) is 5.10 Å². The Bertz CT molecular complexity index is 658. The van der Waals surface area contributed by atoms with Crippen LogP contribution in [0.3, 0.4) is 0 Å². The zero-order valence-corrected chi connectivity index (χ0v) is 13.3. The number of rotatable bonds is 5. The lowest BCUT2D eigenvalue weighted by Crippen LogP contribution is -2.12. The summed E-state index contributed by atoms with van der Waals surface area (Å²) in [5, 5.41) is 7.20. The van der Waals surface area contributed by atoms with Gasteiger partial charge in [-0.1, -0.05) is 0 Å². The molecular weight excluding hydrogens is 341 g/mol. The largest absolute Gasteiger partial charge is 0.462 e. The number of anilines is 1. The fourth-order valence-corrected chi connectivity index (χ4v) is 2.22. The normalized spacial score (nSPS) is 10.5. The second-order valence-corrected chi connectivity index (χ2v) is 5.19. The van der Waals surface area contributed by atoms with E-state index in [2.05, 4.69) is 26.3 Å². The molecule has 112 valence electrons. The molecule has 1 heterocycles. The first kappa shape index (κ1) is 15.5. The monoisotopic (exact) mass is 355 g/mol. The van der Waals surface area contributed by atoms with Crippen LogP contribution in [0, 0.1) is 5.82 Å². The Morgan fingerprint density at radius 3 is 2.95 bits per heavy atom. The lowest BCUT2D eigenvalue weighted by atomic mass is 10.2. The van der Waals surface area contributed by atoms with E-state index in [0.29, 0.717) is 28.9 Å². The Morgan fingerprint density at radius 1 is 1.52 bits per heavy atom. The third-order valence-electron chi connectivity index (χ3n) is 2.94. The molecule has 0 saturated heterocycles. The molecule has 21 heavy (non-hydrogen) atoms. The average molecular weight is 356 g/mol. The van der Waals surface area contributed by atoms with Gasteiger partial charge in [-0.15, -0.1) is 0 Å². The van der Waals surface area contributed by atoms with E-state index < -0.39 is 5.97 Å². The molecule has 2 rings (SSSR count). The smallest absolute Gasteiger partial charge is 0.341 e. The fourth-order valence-electron chi connectivity index (χ4n) is 1.84. The van der Waals surface area contributed by atoms with Crippen LogP contribution in [-0.4, -0.2) is 22.4 Å². The van der Waals surface area contributed by atoms with E-state index in [-0.39, 0.29) is 5.82 Å². The van der Waals surface area contributed by atoms with Crippen molar-refractivity contribution in [3.05, 3.63) is 45.9 Å². The van der Waals surface area contributed by atoms with Gasteiger partial charge in [-0.25, -0.2) is 9.18 Å². The summed E-state index contributed by atoms with van der Waals surface area (Å²) in [7, 11) is 1.75. The summed E-state index contributed by atoms with van der Waals surface area (Å²) in [5.41, 5.74) is 1.86. The van der Waals surface area contributed by atoms with Gasteiger partial charge in [0.2, 0.25) is 0 Å². The van der Waals surface area contributed by atoms with Crippen molar-refractivity contribution in [3.8, 4) is 0 Å². The highest BCUT2D eigenvalue weighted by molar-refractivity contribution is 9.10. The van der Waals surface area contributed by atoms with E-state index in [0.717, 1.165) is 5.69 Å². The maximum atomic E-state index is 13.2. The minimum atomic E-state index is -0.400. The number of ether oxygens (including phenoxy) is 1. The second kappa shape index (κ2) is 6.71. The number of benzene rings is 1. The zero-order chi connectivity index (χ0) is 15.4. The van der Waals surface area contributed by atoms with Gasteiger partial charge in [0.15, 0.2) is 0 Å². The Morgan fingerprint density at radius 2 is 2.29 bits per heavy atom. The van der Waals surface area contributed by atoms with Gasteiger partial charge < -0.3 is 10.1 Å². The van der Waals surface area contributed by atoms with Crippen LogP contribution in [0.2, 0.25) is 0 Å². The van der Waals surface area contributed by atoms with Gasteiger partial charge in [0.05, 0.1) is 29.5 Å². The van der Waals surface area contributed by atoms with Gasteiger partial charge >= 0.3 is 5.97 Å². The molecule has 0 aliphatic rings. The molecule has 5 nitrogen and oxygen atoms in total. The van der Waals surface area contributed by atoms with Crippen LogP contribution in [0.25, 0.3) is 0 Å². The topological polar surface area (TPSA) is 56.1 Å². The molecule has 0 spiro atoms. The number of nitrogens with zero attached hydrogens (tertiary/aromatic N) is 2. The second-order valence-electron chi connectivity index (χ2n) is 4.33. The first-order valence-electron chi connectivity index (χ1n) is 6.39. The summed E-state index contributed by atoms with van der Waals surface area (Å²) in [5.74, 6) is -0.726. The fraction of sp³-hybridized carbons (Fsp3) is 0.286. The number of hydrogen-bond acceptors (Lipinski definition) is 4. The molecule has 1 aromatic carbocycles. The molecule has 0 saturated carbocycles. The summed E-state index contributed by atoms with van der Waals surface area (Å²) < 4.78 is 20.2. The molecule has 0 fully saturated rings. The van der Waals surface area contributed by atoms with E-state index in [1.807, 2.05) is 0 Å². The molecule has 7 heteroatoms. The molecule has 0 radical (unpaired) electrons. The van der Waals surface area contributed by atoms with Crippen LogP contribution in [-0.2, 0) is 18.3 Å². The molecule has 2 aromatic rings. The minimum absolute atomic E-state index is 0.311. The SMILES string of the molecule is CCOC(=O)c1cnn(C)c1CNc1ccc(F)c(Br)c1. The molecule has 0 bridgehead atoms. The van der Waals surface area contributed by atoms with E-state index >= 15 is 0 Å². The van der Waals surface area contributed by atoms with Gasteiger partial charge in [0, 0.05) is 12.7 Å². The van der Waals surface area contributed by atoms with E-state index in [4.69, 9.17) is 4.74 Å². The number of aryl methyl sites for hydroxylation is 1. The lowest BCUT2D eigenvalue weighted by molar-refractivity contribution is 0.0525. The third-order valence-corrected chi connectivity index (χ3v) is 3.54. The molecule has 1 N–H and O–H groups in total. The number of esters is 1. The maximum Gasteiger partial charge on any atom is 0.341 e. The molecule has 0 amide bonds. The Kier molecular flexibility index (Phi) is 4.95. The van der Waals surface area contributed by atoms with Crippen LogP contribution in [0.4, 0.5) is 10.1 Å². The highest BCUT2D eigenvalue weighted by Gasteiger charge is 2.16. The van der Waals surface area contributed by atoms with E-state index in [1.165, 1.54) is 12.3 Å². The Balaban J connectivity index is 2.14. The van der Waals surface area contributed by atoms with Gasteiger partial charge in [-0.05, 0) is 41.1 Å². The van der Waals surface area contributed by atoms with Crippen LogP contribution >= 0.6 is 15.9 Å². The quantitative estimate of drug-likeness (QED) is 0.837. The molecule has 0 atom stereocenters. The van der Waals surface area contributed by atoms with Crippen molar-refractivity contribution in [2.45, 2.75) is 13.5 Å². The van der Waals surface area contributed by atoms with Crippen molar-refractivity contribution in [1.29, 1.82) is 0 Å². The van der Waals surface area contributed by atoms with Crippen molar-refractivity contribution in [1.82, 2.24) is 9.78 Å². The minimum Gasteiger partial charge on any atom is -0.462 e. The molecule has 1 aromatic heterocycles. The Labute approximate surface area is 130 Å². The first-order valence-corrected chi connectivity index (χ1v) is 7.19. The number of aromatic nitrogens is 2. The first-order chi connectivity index (χ1) is 10.0. The van der Waals surface area contributed by atoms with Crippen molar-refractivity contribution < 1.29 is 13.9 Å². The highest BCUT2D eigenvalue weighted by atomic mass is 79.9. The number of hydrogen-bond donors (Lipinski definition) is 1. The summed E-state index contributed by atoms with van der Waals surface area (Å²) in [4.78, 5) is 11.8. The predicted octanol–water partition coefficient (Wildman–Crippen LogP) is 3.11. The number of nitrogens with one attached hydrogen (secondary N) is 1. The van der Waals surface area contributed by atoms with E-state index in [9.17, 15) is 9.18 Å². The summed E-state index contributed by atoms with van der Waals surface area (Å²) in [6, 6.07) is 4.62. The van der Waals surface area contributed by atoms with Crippen molar-refractivity contribution in [2.75, 3.05) is 11.9 Å². The highest BCUT2D eigenvalue weighted by Crippen LogP contribution is 2.21. The number of halogens is 2. The van der Waals surface area contributed by atoms with Crippen molar-refractivity contribution in [2.24, 2.45) is 7.05 Å². The number of carbonyl (C=O) groups excluding carboxylic acids is 1. The standard InChI is InChI=1S/C14H15BrFN3O2/c1-3-21-14(20)10-7-18-19(2)13(10)8-17-9-4-5-12(16)11(15)6-9/h4-7,17H,3,8H2,1-2H3. The lowest BCUT2D eigenvalue weighted by Gasteiger charge is -2.09. The van der Waals surface area contributed by atoms with E-state index in [1.54, 1.807) is 30.8 Å². The predicted molar refractivity (Wildman–Crippen MR) is 80.6 cm³/mol. The van der Waals surface area contributed by atoms with Crippen molar-refractivity contribution >= 4 is 27.6 Å². The van der Waals surface area contributed by atoms with Gasteiger partial charge in [0.1, 0.15) is 11.4 Å². The van der Waals surface area contributed by atoms with Gasteiger partial charge in [0.25, 0.3) is 0 Å². The third kappa shape index (κ3) is 3.60. The molecule has 0 aliphatic carbocycles. The Hall–Kier alpha value is -1.89. The summed E-state index contributed by atoms with van der Waals surface area (Å²) >= 11 is 3.13. The molecule has 0 unspecified atom stereocenters. The van der Waals surface area contributed by atoms with Gasteiger partial charge in [-0.3, -0.25) is 4.68 Å². The van der Waals surface area contributed by atoms with Crippen LogP contribution in [0.5, 0.6) is 0 Å². The van der Waals surface area contributed by atoms with Crippen LogP contribution in [0.1, 0.15) is 23.0 Å².